The number of nitrogens with one attached hydrogen (secondary N) is 1. The fraction of sp³-hybridized carbons (Fsp3) is 0.667. The van der Waals surface area contributed by atoms with E-state index in [9.17, 15) is 10.1 Å². The van der Waals surface area contributed by atoms with Crippen LogP contribution in [0.2, 0.25) is 0 Å². The summed E-state index contributed by atoms with van der Waals surface area (Å²) in [4.78, 5) is 16.4. The Morgan fingerprint density at radius 3 is 2.50 bits per heavy atom. The number of carbonyl (C=O) groups is 1. The summed E-state index contributed by atoms with van der Waals surface area (Å²) in [6, 6.07) is 2.21. The van der Waals surface area contributed by atoms with Crippen LogP contribution in [0.5, 0.6) is 0 Å². The average molecular weight is 277 g/mol. The Balaban J connectivity index is 2.68. The van der Waals surface area contributed by atoms with Crippen LogP contribution in [0.1, 0.15) is 58.1 Å². The van der Waals surface area contributed by atoms with Crippen LogP contribution in [0.4, 0.5) is 0 Å². The molecule has 0 atom stereocenters. The molecule has 0 aliphatic heterocycles. The van der Waals surface area contributed by atoms with Crippen molar-refractivity contribution in [2.24, 2.45) is 5.41 Å². The normalized spacial score (nSPS) is 11.1. The molecule has 1 rings (SSSR count). The number of carbonyl (C=O) groups excluding carboxylic acids is 1. The van der Waals surface area contributed by atoms with Gasteiger partial charge in [-0.25, -0.2) is 4.98 Å². The summed E-state index contributed by atoms with van der Waals surface area (Å²) < 4.78 is 5.44. The third-order valence-corrected chi connectivity index (χ3v) is 3.35. The lowest BCUT2D eigenvalue weighted by Gasteiger charge is -2.24. The lowest BCUT2D eigenvalue weighted by Crippen LogP contribution is -2.39. The van der Waals surface area contributed by atoms with Crippen molar-refractivity contribution in [3.05, 3.63) is 17.8 Å². The molecule has 0 saturated carbocycles. The lowest BCUT2D eigenvalue weighted by atomic mass is 9.80. The van der Waals surface area contributed by atoms with Crippen LogP contribution in [-0.4, -0.2) is 10.9 Å². The van der Waals surface area contributed by atoms with E-state index in [4.69, 9.17) is 4.42 Å². The largest absolute Gasteiger partial charge is 0.444 e. The first-order valence-corrected chi connectivity index (χ1v) is 7.25. The number of hydrogen-bond donors (Lipinski definition) is 1. The Morgan fingerprint density at radius 2 is 2.05 bits per heavy atom. The standard InChI is InChI=1S/C15H23N3O2/c1-4-7-15(11-16,8-5-2)14(19)18-10-13-17-9-12(6-3)20-13/h9H,4-8,10H2,1-3H3,(H,18,19). The predicted octanol–water partition coefficient (Wildman–Crippen LogP) is 2.96. The van der Waals surface area contributed by atoms with Crippen LogP contribution < -0.4 is 5.32 Å². The minimum Gasteiger partial charge on any atom is -0.444 e. The second-order valence-electron chi connectivity index (χ2n) is 4.95. The SMILES string of the molecule is CCCC(C#N)(CCC)C(=O)NCc1ncc(CC)o1. The molecule has 5 nitrogen and oxygen atoms in total. The van der Waals surface area contributed by atoms with Gasteiger partial charge in [0.2, 0.25) is 11.8 Å². The van der Waals surface area contributed by atoms with Gasteiger partial charge < -0.3 is 9.73 Å². The molecule has 0 aromatic carbocycles. The molecule has 5 heteroatoms. The van der Waals surface area contributed by atoms with Crippen LogP contribution in [0.25, 0.3) is 0 Å². The molecule has 0 unspecified atom stereocenters. The molecule has 0 bridgehead atoms. The molecular weight excluding hydrogens is 254 g/mol. The smallest absolute Gasteiger partial charge is 0.240 e. The van der Waals surface area contributed by atoms with Crippen molar-refractivity contribution in [1.82, 2.24) is 10.3 Å². The van der Waals surface area contributed by atoms with Crippen molar-refractivity contribution in [2.45, 2.75) is 59.4 Å². The van der Waals surface area contributed by atoms with Gasteiger partial charge in [0.05, 0.1) is 18.8 Å². The molecule has 1 amide bonds. The molecule has 0 aliphatic rings. The maximum Gasteiger partial charge on any atom is 0.240 e. The Bertz CT molecular complexity index is 468. The van der Waals surface area contributed by atoms with Gasteiger partial charge in [-0.1, -0.05) is 33.6 Å². The van der Waals surface area contributed by atoms with Gasteiger partial charge >= 0.3 is 0 Å². The van der Waals surface area contributed by atoms with Gasteiger partial charge in [-0.05, 0) is 12.8 Å². The van der Waals surface area contributed by atoms with Gasteiger partial charge in [-0.3, -0.25) is 4.79 Å². The number of nitrogens with zero attached hydrogens (tertiary/aromatic N) is 2. The van der Waals surface area contributed by atoms with Gasteiger partial charge in [0.25, 0.3) is 0 Å². The zero-order chi connectivity index (χ0) is 15.0. The highest BCUT2D eigenvalue weighted by molar-refractivity contribution is 5.85. The minimum atomic E-state index is -0.927. The van der Waals surface area contributed by atoms with Crippen LogP contribution >= 0.6 is 0 Å². The summed E-state index contributed by atoms with van der Waals surface area (Å²) in [6.45, 7) is 6.18. The summed E-state index contributed by atoms with van der Waals surface area (Å²) in [7, 11) is 0. The van der Waals surface area contributed by atoms with Gasteiger partial charge in [0.15, 0.2) is 0 Å². The van der Waals surface area contributed by atoms with E-state index in [0.29, 0.717) is 18.7 Å². The molecule has 110 valence electrons. The molecule has 1 aromatic heterocycles. The first-order valence-electron chi connectivity index (χ1n) is 7.25. The molecule has 0 radical (unpaired) electrons. The third kappa shape index (κ3) is 3.83. The Hall–Kier alpha value is -1.83. The molecule has 1 heterocycles. The number of hydrogen-bond acceptors (Lipinski definition) is 4. The molecule has 20 heavy (non-hydrogen) atoms. The van der Waals surface area contributed by atoms with E-state index < -0.39 is 5.41 Å². The van der Waals surface area contributed by atoms with E-state index in [2.05, 4.69) is 16.4 Å². The molecule has 0 saturated heterocycles. The van der Waals surface area contributed by atoms with Crippen LogP contribution in [0, 0.1) is 16.7 Å². The molecule has 0 aliphatic carbocycles. The summed E-state index contributed by atoms with van der Waals surface area (Å²) in [5, 5.41) is 12.2. The number of amides is 1. The Morgan fingerprint density at radius 1 is 1.40 bits per heavy atom. The molecule has 1 N–H and O–H groups in total. The topological polar surface area (TPSA) is 78.9 Å². The highest BCUT2D eigenvalue weighted by Crippen LogP contribution is 2.29. The van der Waals surface area contributed by atoms with Crippen LogP contribution in [-0.2, 0) is 17.8 Å². The van der Waals surface area contributed by atoms with E-state index >= 15 is 0 Å². The zero-order valence-corrected chi connectivity index (χ0v) is 12.5. The summed E-state index contributed by atoms with van der Waals surface area (Å²) >= 11 is 0. The van der Waals surface area contributed by atoms with E-state index in [1.165, 1.54) is 0 Å². The number of oxazole rings is 1. The first kappa shape index (κ1) is 16.2. The fourth-order valence-corrected chi connectivity index (χ4v) is 2.29. The monoisotopic (exact) mass is 277 g/mol. The number of nitriles is 1. The van der Waals surface area contributed by atoms with Gasteiger partial charge in [0.1, 0.15) is 11.2 Å². The maximum absolute atomic E-state index is 12.3. The molecular formula is C15H23N3O2. The van der Waals surface area contributed by atoms with Gasteiger partial charge in [-0.15, -0.1) is 0 Å². The Kier molecular flexibility index (Phi) is 6.23. The second-order valence-corrected chi connectivity index (χ2v) is 4.95. The van der Waals surface area contributed by atoms with Crippen molar-refractivity contribution in [3.63, 3.8) is 0 Å². The van der Waals surface area contributed by atoms with Gasteiger partial charge in [-0.2, -0.15) is 5.26 Å². The predicted molar refractivity (Wildman–Crippen MR) is 75.6 cm³/mol. The highest BCUT2D eigenvalue weighted by atomic mass is 16.4. The van der Waals surface area contributed by atoms with E-state index in [1.54, 1.807) is 6.20 Å². The van der Waals surface area contributed by atoms with E-state index in [1.807, 2.05) is 20.8 Å². The van der Waals surface area contributed by atoms with Crippen LogP contribution in [0.15, 0.2) is 10.6 Å². The third-order valence-electron chi connectivity index (χ3n) is 3.35. The Labute approximate surface area is 120 Å². The summed E-state index contributed by atoms with van der Waals surface area (Å²) in [5.74, 6) is 1.05. The maximum atomic E-state index is 12.3. The number of rotatable bonds is 8. The van der Waals surface area contributed by atoms with Crippen molar-refractivity contribution >= 4 is 5.91 Å². The average Bonchev–Trinajstić information content (AvgIpc) is 2.92. The molecule has 0 spiro atoms. The number of aromatic nitrogens is 1. The van der Waals surface area contributed by atoms with Crippen molar-refractivity contribution in [1.29, 1.82) is 5.26 Å². The highest BCUT2D eigenvalue weighted by Gasteiger charge is 2.36. The summed E-state index contributed by atoms with van der Waals surface area (Å²) in [6.07, 6.45) is 5.20. The minimum absolute atomic E-state index is 0.222. The van der Waals surface area contributed by atoms with Crippen LogP contribution in [0.3, 0.4) is 0 Å². The van der Waals surface area contributed by atoms with Gasteiger partial charge in [0, 0.05) is 6.42 Å². The van der Waals surface area contributed by atoms with Crippen molar-refractivity contribution in [3.8, 4) is 6.07 Å². The fourth-order valence-electron chi connectivity index (χ4n) is 2.29. The lowest BCUT2D eigenvalue weighted by molar-refractivity contribution is -0.129. The van der Waals surface area contributed by atoms with E-state index in [-0.39, 0.29) is 12.5 Å². The number of aryl methyl sites for hydroxylation is 1. The molecule has 0 fully saturated rings. The first-order chi connectivity index (χ1) is 9.61. The zero-order valence-electron chi connectivity index (χ0n) is 12.5. The van der Waals surface area contributed by atoms with Crippen molar-refractivity contribution < 1.29 is 9.21 Å². The molecule has 1 aromatic rings. The summed E-state index contributed by atoms with van der Waals surface area (Å²) in [5.41, 5.74) is -0.927. The van der Waals surface area contributed by atoms with Crippen molar-refractivity contribution in [2.75, 3.05) is 0 Å². The quantitative estimate of drug-likeness (QED) is 0.792. The second kappa shape index (κ2) is 7.68. The van der Waals surface area contributed by atoms with E-state index in [0.717, 1.165) is 25.0 Å².